The lowest BCUT2D eigenvalue weighted by Crippen LogP contribution is -1.70. The molecule has 0 aliphatic carbocycles. The van der Waals surface area contributed by atoms with Crippen LogP contribution < -0.4 is 0 Å². The summed E-state index contributed by atoms with van der Waals surface area (Å²) in [6.45, 7) is 3.59. The topological polar surface area (TPSA) is 0 Å². The van der Waals surface area contributed by atoms with Crippen molar-refractivity contribution < 1.29 is 0 Å². The van der Waals surface area contributed by atoms with Crippen LogP contribution >= 0.6 is 23.4 Å². The Morgan fingerprint density at radius 1 is 1.36 bits per heavy atom. The zero-order valence-electron chi connectivity index (χ0n) is 5.96. The summed E-state index contributed by atoms with van der Waals surface area (Å²) in [5, 5.41) is 0.788. The first kappa shape index (κ1) is 8.69. The molecular weight excluding hydrogens is 176 g/mol. The number of rotatable bonds is 3. The number of hydrogen-bond acceptors (Lipinski definition) is 1. The predicted octanol–water partition coefficient (Wildman–Crippen LogP) is 3.78. The third kappa shape index (κ3) is 2.60. The molecule has 0 aliphatic heterocycles. The van der Waals surface area contributed by atoms with Gasteiger partial charge in [-0.15, -0.1) is 18.3 Å². The fourth-order valence-electron chi connectivity index (χ4n) is 0.662. The summed E-state index contributed by atoms with van der Waals surface area (Å²) in [5.74, 6) is 1.90. The van der Waals surface area contributed by atoms with Gasteiger partial charge in [-0.1, -0.05) is 29.8 Å². The van der Waals surface area contributed by atoms with Crippen LogP contribution in [0.1, 0.15) is 0 Å². The Balaban J connectivity index is 2.69. The Hall–Kier alpha value is -0.400. The molecule has 11 heavy (non-hydrogen) atoms. The van der Waals surface area contributed by atoms with E-state index in [1.54, 1.807) is 17.8 Å². The number of halogens is 1. The first-order chi connectivity index (χ1) is 5.34. The van der Waals surface area contributed by atoms with Crippen LogP contribution in [0.4, 0.5) is 0 Å². The maximum absolute atomic E-state index is 5.88. The SMILES string of the molecule is C=C[CH]Sc1ccccc1Cl. The van der Waals surface area contributed by atoms with E-state index in [9.17, 15) is 0 Å². The van der Waals surface area contributed by atoms with Crippen molar-refractivity contribution in [3.63, 3.8) is 0 Å². The molecule has 0 fully saturated rings. The Bertz CT molecular complexity index is 245. The van der Waals surface area contributed by atoms with Crippen molar-refractivity contribution in [3.8, 4) is 0 Å². The standard InChI is InChI=1S/C9H8ClS/c1-2-7-11-9-6-4-3-5-8(9)10/h2-7H,1H2. The maximum atomic E-state index is 5.88. The molecule has 0 nitrogen and oxygen atoms in total. The van der Waals surface area contributed by atoms with Crippen LogP contribution in [0.2, 0.25) is 5.02 Å². The molecule has 0 atom stereocenters. The fraction of sp³-hybridized carbons (Fsp3) is 0. The molecule has 1 aromatic rings. The van der Waals surface area contributed by atoms with E-state index in [4.69, 9.17) is 11.6 Å². The van der Waals surface area contributed by atoms with E-state index in [-0.39, 0.29) is 0 Å². The average molecular weight is 184 g/mol. The number of hydrogen-bond donors (Lipinski definition) is 0. The molecular formula is C9H8ClS. The summed E-state index contributed by atoms with van der Waals surface area (Å²) in [7, 11) is 0. The van der Waals surface area contributed by atoms with Crippen LogP contribution in [0.3, 0.4) is 0 Å². The summed E-state index contributed by atoms with van der Waals surface area (Å²) in [5.41, 5.74) is 0. The molecule has 0 aromatic heterocycles. The lowest BCUT2D eigenvalue weighted by Gasteiger charge is -1.98. The van der Waals surface area contributed by atoms with E-state index in [2.05, 4.69) is 6.58 Å². The lowest BCUT2D eigenvalue weighted by atomic mass is 10.4. The van der Waals surface area contributed by atoms with E-state index in [1.807, 2.05) is 30.0 Å². The highest BCUT2D eigenvalue weighted by Crippen LogP contribution is 2.28. The summed E-state index contributed by atoms with van der Waals surface area (Å²) in [6.07, 6.45) is 1.74. The summed E-state index contributed by atoms with van der Waals surface area (Å²) in [6, 6.07) is 7.74. The molecule has 0 heterocycles. The monoisotopic (exact) mass is 183 g/mol. The van der Waals surface area contributed by atoms with Gasteiger partial charge in [0.1, 0.15) is 0 Å². The molecule has 0 bridgehead atoms. The van der Waals surface area contributed by atoms with Crippen LogP contribution in [0.25, 0.3) is 0 Å². The first-order valence-electron chi connectivity index (χ1n) is 3.20. The van der Waals surface area contributed by atoms with Gasteiger partial charge in [0.2, 0.25) is 0 Å². The minimum absolute atomic E-state index is 0.788. The van der Waals surface area contributed by atoms with Gasteiger partial charge in [0.05, 0.1) is 5.02 Å². The van der Waals surface area contributed by atoms with Crippen molar-refractivity contribution >= 4 is 23.4 Å². The smallest absolute Gasteiger partial charge is 0.0542 e. The molecule has 1 aromatic carbocycles. The third-order valence-corrected chi connectivity index (χ3v) is 2.51. The Labute approximate surface area is 76.3 Å². The summed E-state index contributed by atoms with van der Waals surface area (Å²) in [4.78, 5) is 1.06. The molecule has 0 saturated heterocycles. The van der Waals surface area contributed by atoms with Gasteiger partial charge in [0.25, 0.3) is 0 Å². The van der Waals surface area contributed by atoms with Gasteiger partial charge in [0, 0.05) is 10.6 Å². The van der Waals surface area contributed by atoms with Gasteiger partial charge in [-0.3, -0.25) is 0 Å². The Morgan fingerprint density at radius 2 is 2.09 bits per heavy atom. The normalized spacial score (nSPS) is 9.55. The minimum atomic E-state index is 0.788. The molecule has 57 valence electrons. The van der Waals surface area contributed by atoms with Crippen LogP contribution in [0.15, 0.2) is 41.8 Å². The fourth-order valence-corrected chi connectivity index (χ4v) is 1.51. The van der Waals surface area contributed by atoms with Gasteiger partial charge in [-0.2, -0.15) is 0 Å². The predicted molar refractivity (Wildman–Crippen MR) is 51.8 cm³/mol. The zero-order valence-corrected chi connectivity index (χ0v) is 7.53. The molecule has 0 amide bonds. The maximum Gasteiger partial charge on any atom is 0.0542 e. The number of thioether (sulfide) groups is 1. The van der Waals surface area contributed by atoms with Crippen LogP contribution in [-0.2, 0) is 0 Å². The second-order valence-electron chi connectivity index (χ2n) is 1.92. The largest absolute Gasteiger partial charge is 0.115 e. The molecule has 1 rings (SSSR count). The zero-order chi connectivity index (χ0) is 8.10. The third-order valence-electron chi connectivity index (χ3n) is 1.13. The highest BCUT2D eigenvalue weighted by atomic mass is 35.5. The van der Waals surface area contributed by atoms with Crippen molar-refractivity contribution in [3.05, 3.63) is 47.7 Å². The van der Waals surface area contributed by atoms with Gasteiger partial charge in [0.15, 0.2) is 0 Å². The van der Waals surface area contributed by atoms with Crippen molar-refractivity contribution in [2.45, 2.75) is 4.90 Å². The van der Waals surface area contributed by atoms with Crippen molar-refractivity contribution in [1.29, 1.82) is 0 Å². The summed E-state index contributed by atoms with van der Waals surface area (Å²) >= 11 is 7.46. The van der Waals surface area contributed by atoms with Crippen LogP contribution in [-0.4, -0.2) is 0 Å². The average Bonchev–Trinajstić information content (AvgIpc) is 2.03. The molecule has 0 unspecified atom stereocenters. The minimum Gasteiger partial charge on any atom is -0.115 e. The van der Waals surface area contributed by atoms with E-state index >= 15 is 0 Å². The van der Waals surface area contributed by atoms with E-state index in [0.717, 1.165) is 9.92 Å². The van der Waals surface area contributed by atoms with Gasteiger partial charge < -0.3 is 0 Å². The quantitative estimate of drug-likeness (QED) is 0.643. The lowest BCUT2D eigenvalue weighted by molar-refractivity contribution is 1.47. The van der Waals surface area contributed by atoms with E-state index in [0.29, 0.717) is 0 Å². The van der Waals surface area contributed by atoms with Gasteiger partial charge >= 0.3 is 0 Å². The van der Waals surface area contributed by atoms with Crippen molar-refractivity contribution in [2.24, 2.45) is 0 Å². The molecule has 0 aliphatic rings. The summed E-state index contributed by atoms with van der Waals surface area (Å²) < 4.78 is 0. The molecule has 0 spiro atoms. The second kappa shape index (κ2) is 4.47. The highest BCUT2D eigenvalue weighted by molar-refractivity contribution is 8.01. The van der Waals surface area contributed by atoms with Crippen molar-refractivity contribution in [2.75, 3.05) is 0 Å². The Morgan fingerprint density at radius 3 is 2.73 bits per heavy atom. The van der Waals surface area contributed by atoms with E-state index < -0.39 is 0 Å². The molecule has 2 heteroatoms. The molecule has 1 radical (unpaired) electrons. The van der Waals surface area contributed by atoms with Crippen LogP contribution in [0, 0.1) is 5.75 Å². The van der Waals surface area contributed by atoms with Crippen molar-refractivity contribution in [1.82, 2.24) is 0 Å². The number of benzene rings is 1. The van der Waals surface area contributed by atoms with Crippen LogP contribution in [0.5, 0.6) is 0 Å². The Kier molecular flexibility index (Phi) is 3.53. The van der Waals surface area contributed by atoms with Gasteiger partial charge in [-0.05, 0) is 12.1 Å². The van der Waals surface area contributed by atoms with Gasteiger partial charge in [-0.25, -0.2) is 0 Å². The molecule has 0 saturated carbocycles. The van der Waals surface area contributed by atoms with E-state index in [1.165, 1.54) is 0 Å². The molecule has 0 N–H and O–H groups in total. The highest BCUT2D eigenvalue weighted by Gasteiger charge is 1.96. The second-order valence-corrected chi connectivity index (χ2v) is 3.27. The first-order valence-corrected chi connectivity index (χ1v) is 4.46.